The molecule has 0 atom stereocenters. The van der Waals surface area contributed by atoms with E-state index in [1.165, 1.54) is 12.2 Å². The van der Waals surface area contributed by atoms with Crippen LogP contribution >= 0.6 is 0 Å². The Bertz CT molecular complexity index is 236. The molecular formula is C9H14N2O2. The van der Waals surface area contributed by atoms with Crippen LogP contribution in [0.2, 0.25) is 0 Å². The van der Waals surface area contributed by atoms with Gasteiger partial charge in [-0.25, -0.2) is 19.6 Å². The van der Waals surface area contributed by atoms with Crippen molar-refractivity contribution in [1.29, 1.82) is 0 Å². The van der Waals surface area contributed by atoms with E-state index in [1.54, 1.807) is 0 Å². The average Bonchev–Trinajstić information content (AvgIpc) is 2.09. The summed E-state index contributed by atoms with van der Waals surface area (Å²) >= 11 is 0. The first-order valence-electron chi connectivity index (χ1n) is 4.20. The lowest BCUT2D eigenvalue weighted by Gasteiger charge is -2.20. The molecular weight excluding hydrogens is 168 g/mol. The highest BCUT2D eigenvalue weighted by Crippen LogP contribution is 2.22. The van der Waals surface area contributed by atoms with E-state index in [0.29, 0.717) is 13.1 Å². The smallest absolute Gasteiger partial charge is 0.211 e. The highest BCUT2D eigenvalue weighted by atomic mass is 16.1. The number of hydrogen-bond acceptors (Lipinski definition) is 4. The molecule has 0 aromatic rings. The van der Waals surface area contributed by atoms with Crippen LogP contribution in [0.25, 0.3) is 0 Å². The second-order valence-corrected chi connectivity index (χ2v) is 3.65. The summed E-state index contributed by atoms with van der Waals surface area (Å²) in [5, 5.41) is 0. The third-order valence-corrected chi connectivity index (χ3v) is 1.76. The Morgan fingerprint density at radius 2 is 1.77 bits per heavy atom. The zero-order chi connectivity index (χ0) is 10.2. The van der Waals surface area contributed by atoms with Gasteiger partial charge < -0.3 is 0 Å². The van der Waals surface area contributed by atoms with Crippen LogP contribution in [0.5, 0.6) is 0 Å². The maximum absolute atomic E-state index is 9.87. The van der Waals surface area contributed by atoms with Gasteiger partial charge in [-0.15, -0.1) is 0 Å². The Hall–Kier alpha value is -1.24. The van der Waals surface area contributed by atoms with Gasteiger partial charge in [-0.05, 0) is 18.3 Å². The Balaban J connectivity index is 3.73. The summed E-state index contributed by atoms with van der Waals surface area (Å²) < 4.78 is 0. The maximum atomic E-state index is 9.87. The molecule has 4 heteroatoms. The lowest BCUT2D eigenvalue weighted by molar-refractivity contribution is 0.340. The molecule has 0 rings (SSSR count). The first kappa shape index (κ1) is 11.8. The number of aliphatic imine (C=N–C) groups is 2. The van der Waals surface area contributed by atoms with Gasteiger partial charge in [-0.1, -0.05) is 13.8 Å². The number of hydrogen-bond donors (Lipinski definition) is 0. The Morgan fingerprint density at radius 1 is 1.15 bits per heavy atom. The summed E-state index contributed by atoms with van der Waals surface area (Å²) in [6.45, 7) is 5.00. The second kappa shape index (κ2) is 6.30. The number of carbonyl (C=O) groups excluding carboxylic acids is 2. The zero-order valence-corrected chi connectivity index (χ0v) is 8.04. The normalized spacial score (nSPS) is 10.0. The topological polar surface area (TPSA) is 58.9 Å². The fraction of sp³-hybridized carbons (Fsp3) is 0.778. The molecule has 0 unspecified atom stereocenters. The molecule has 0 radical (unpaired) electrons. The monoisotopic (exact) mass is 182 g/mol. The third kappa shape index (κ3) is 7.13. The van der Waals surface area contributed by atoms with E-state index in [9.17, 15) is 9.59 Å². The van der Waals surface area contributed by atoms with Gasteiger partial charge >= 0.3 is 0 Å². The van der Waals surface area contributed by atoms with Gasteiger partial charge in [-0.3, -0.25) is 0 Å². The number of rotatable bonds is 6. The minimum absolute atomic E-state index is 0.0180. The van der Waals surface area contributed by atoms with Crippen molar-refractivity contribution < 1.29 is 9.59 Å². The quantitative estimate of drug-likeness (QED) is 0.355. The van der Waals surface area contributed by atoms with Gasteiger partial charge in [0.05, 0.1) is 13.1 Å². The van der Waals surface area contributed by atoms with Crippen LogP contribution in [0.1, 0.15) is 26.7 Å². The summed E-state index contributed by atoms with van der Waals surface area (Å²) in [6.07, 6.45) is 4.70. The highest BCUT2D eigenvalue weighted by Gasteiger charge is 2.16. The fourth-order valence-electron chi connectivity index (χ4n) is 1.01. The van der Waals surface area contributed by atoms with Crippen LogP contribution in [0.3, 0.4) is 0 Å². The summed E-state index contributed by atoms with van der Waals surface area (Å²) in [5.74, 6) is 0. The SMILES string of the molecule is CC(C)(CCCN=C=O)CN=C=O. The molecule has 0 aliphatic carbocycles. The van der Waals surface area contributed by atoms with Gasteiger partial charge in [0.2, 0.25) is 12.2 Å². The maximum Gasteiger partial charge on any atom is 0.234 e. The van der Waals surface area contributed by atoms with Crippen molar-refractivity contribution >= 4 is 12.2 Å². The predicted molar refractivity (Wildman–Crippen MR) is 49.0 cm³/mol. The molecule has 0 fully saturated rings. The zero-order valence-electron chi connectivity index (χ0n) is 8.04. The van der Waals surface area contributed by atoms with E-state index in [0.717, 1.165) is 12.8 Å². The molecule has 0 saturated carbocycles. The van der Waals surface area contributed by atoms with E-state index in [-0.39, 0.29) is 5.41 Å². The second-order valence-electron chi connectivity index (χ2n) is 3.65. The summed E-state index contributed by atoms with van der Waals surface area (Å²) in [6, 6.07) is 0. The molecule has 0 amide bonds. The van der Waals surface area contributed by atoms with Gasteiger partial charge in [0.1, 0.15) is 0 Å². The van der Waals surface area contributed by atoms with Crippen LogP contribution in [0, 0.1) is 5.41 Å². The lowest BCUT2D eigenvalue weighted by atomic mass is 9.88. The van der Waals surface area contributed by atoms with E-state index in [4.69, 9.17) is 0 Å². The third-order valence-electron chi connectivity index (χ3n) is 1.76. The minimum atomic E-state index is -0.0180. The van der Waals surface area contributed by atoms with Gasteiger partial charge in [0.25, 0.3) is 0 Å². The van der Waals surface area contributed by atoms with E-state index >= 15 is 0 Å². The van der Waals surface area contributed by atoms with Crippen molar-refractivity contribution in [2.24, 2.45) is 15.4 Å². The van der Waals surface area contributed by atoms with E-state index in [1.807, 2.05) is 13.8 Å². The molecule has 13 heavy (non-hydrogen) atoms. The average molecular weight is 182 g/mol. The van der Waals surface area contributed by atoms with E-state index in [2.05, 4.69) is 9.98 Å². The van der Waals surface area contributed by atoms with Crippen molar-refractivity contribution in [2.45, 2.75) is 26.7 Å². The fourth-order valence-corrected chi connectivity index (χ4v) is 1.01. The van der Waals surface area contributed by atoms with Crippen molar-refractivity contribution in [1.82, 2.24) is 0 Å². The molecule has 0 aliphatic heterocycles. The standard InChI is InChI=1S/C9H14N2O2/c1-9(2,6-11-8-13)4-3-5-10-7-12/h3-6H2,1-2H3. The van der Waals surface area contributed by atoms with Crippen molar-refractivity contribution in [3.63, 3.8) is 0 Å². The molecule has 0 bridgehead atoms. The van der Waals surface area contributed by atoms with Crippen LogP contribution in [-0.2, 0) is 9.59 Å². The molecule has 0 spiro atoms. The molecule has 0 saturated heterocycles. The van der Waals surface area contributed by atoms with Crippen molar-refractivity contribution in [2.75, 3.05) is 13.1 Å². The van der Waals surface area contributed by atoms with Crippen LogP contribution in [0.15, 0.2) is 9.98 Å². The molecule has 0 N–H and O–H groups in total. The number of nitrogens with zero attached hydrogens (tertiary/aromatic N) is 2. The predicted octanol–water partition coefficient (Wildman–Crippen LogP) is 1.46. The van der Waals surface area contributed by atoms with Crippen LogP contribution in [0.4, 0.5) is 0 Å². The minimum Gasteiger partial charge on any atom is -0.211 e. The Kier molecular flexibility index (Phi) is 5.69. The van der Waals surface area contributed by atoms with Crippen molar-refractivity contribution in [3.8, 4) is 0 Å². The van der Waals surface area contributed by atoms with Crippen LogP contribution < -0.4 is 0 Å². The van der Waals surface area contributed by atoms with Gasteiger partial charge in [0, 0.05) is 0 Å². The van der Waals surface area contributed by atoms with Gasteiger partial charge in [-0.2, -0.15) is 0 Å². The largest absolute Gasteiger partial charge is 0.234 e. The summed E-state index contributed by atoms with van der Waals surface area (Å²) in [7, 11) is 0. The lowest BCUT2D eigenvalue weighted by Crippen LogP contribution is -2.15. The molecule has 72 valence electrons. The highest BCUT2D eigenvalue weighted by molar-refractivity contribution is 5.33. The molecule has 4 nitrogen and oxygen atoms in total. The first-order valence-corrected chi connectivity index (χ1v) is 4.20. The van der Waals surface area contributed by atoms with E-state index < -0.39 is 0 Å². The molecule has 0 heterocycles. The van der Waals surface area contributed by atoms with Crippen molar-refractivity contribution in [3.05, 3.63) is 0 Å². The molecule has 0 aliphatic rings. The molecule has 0 aromatic heterocycles. The van der Waals surface area contributed by atoms with Crippen LogP contribution in [-0.4, -0.2) is 25.2 Å². The number of isocyanates is 2. The molecule has 0 aromatic carbocycles. The van der Waals surface area contributed by atoms with Gasteiger partial charge in [0.15, 0.2) is 0 Å². The Morgan fingerprint density at radius 3 is 2.31 bits per heavy atom. The first-order chi connectivity index (χ1) is 6.12. The summed E-state index contributed by atoms with van der Waals surface area (Å²) in [4.78, 5) is 26.6. The summed E-state index contributed by atoms with van der Waals surface area (Å²) in [5.41, 5.74) is -0.0180. The Labute approximate surface area is 77.8 Å².